The topological polar surface area (TPSA) is 55.7 Å². The number of nitrogens with one attached hydrogen (secondary N) is 1. The van der Waals surface area contributed by atoms with Crippen LogP contribution in [0.4, 0.5) is 0 Å². The number of hydrogen-bond acceptors (Lipinski definition) is 2. The molecule has 0 saturated heterocycles. The normalized spacial score (nSPS) is 12.2. The minimum atomic E-state index is 0. The number of aromatic nitrogens is 4. The Morgan fingerprint density at radius 3 is 1.80 bits per heavy atom. The fourth-order valence-electron chi connectivity index (χ4n) is 2.89. The van der Waals surface area contributed by atoms with E-state index >= 15 is 0 Å². The molecular formula is C20H13N4Ni-. The molecule has 25 heavy (non-hydrogen) atoms. The van der Waals surface area contributed by atoms with Crippen LogP contribution < -0.4 is 4.98 Å². The molecular weight excluding hydrogens is 355 g/mol. The molecule has 0 aliphatic carbocycles. The van der Waals surface area contributed by atoms with Crippen LogP contribution >= 0.6 is 0 Å². The monoisotopic (exact) mass is 367 g/mol. The summed E-state index contributed by atoms with van der Waals surface area (Å²) in [5.74, 6) is 0. The largest absolute Gasteiger partial charge is 0.658 e. The average Bonchev–Trinajstić information content (AvgIpc) is 3.32. The van der Waals surface area contributed by atoms with Crippen molar-refractivity contribution in [3.8, 4) is 0 Å². The van der Waals surface area contributed by atoms with Gasteiger partial charge in [-0.3, -0.25) is 0 Å². The van der Waals surface area contributed by atoms with Crippen LogP contribution in [-0.2, 0) is 16.5 Å². The molecule has 3 aromatic heterocycles. The van der Waals surface area contributed by atoms with Crippen LogP contribution in [0.5, 0.6) is 0 Å². The van der Waals surface area contributed by atoms with E-state index in [9.17, 15) is 0 Å². The van der Waals surface area contributed by atoms with E-state index in [0.717, 1.165) is 44.8 Å². The van der Waals surface area contributed by atoms with Crippen molar-refractivity contribution in [3.63, 3.8) is 0 Å². The first-order valence-electron chi connectivity index (χ1n) is 7.79. The molecule has 5 rings (SSSR count). The zero-order chi connectivity index (χ0) is 15.9. The van der Waals surface area contributed by atoms with E-state index in [1.54, 1.807) is 0 Å². The molecule has 0 aromatic carbocycles. The van der Waals surface area contributed by atoms with Crippen LogP contribution in [0.15, 0.2) is 48.5 Å². The Kier molecular flexibility index (Phi) is 3.87. The second-order valence-corrected chi connectivity index (χ2v) is 5.83. The minimum Gasteiger partial charge on any atom is -0.658 e. The predicted molar refractivity (Wildman–Crippen MR) is 97.8 cm³/mol. The Bertz CT molecular complexity index is 1080. The summed E-state index contributed by atoms with van der Waals surface area (Å²) in [6.07, 6.45) is 8.00. The minimum absolute atomic E-state index is 0. The smallest absolute Gasteiger partial charge is 0.0659 e. The summed E-state index contributed by atoms with van der Waals surface area (Å²) >= 11 is 0. The van der Waals surface area contributed by atoms with E-state index in [-0.39, 0.29) is 16.5 Å². The number of nitrogens with zero attached hydrogens (tertiary/aromatic N) is 3. The van der Waals surface area contributed by atoms with E-state index < -0.39 is 0 Å². The van der Waals surface area contributed by atoms with E-state index in [1.807, 2.05) is 72.8 Å². The molecule has 5 heterocycles. The first-order chi connectivity index (χ1) is 11.8. The molecule has 4 nitrogen and oxygen atoms in total. The quantitative estimate of drug-likeness (QED) is 0.415. The number of hydrogen-bond donors (Lipinski definition) is 1. The van der Waals surface area contributed by atoms with Crippen molar-refractivity contribution in [3.05, 3.63) is 71.3 Å². The summed E-state index contributed by atoms with van der Waals surface area (Å²) in [5, 5.41) is 0. The van der Waals surface area contributed by atoms with Gasteiger partial charge in [-0.1, -0.05) is 24.3 Å². The van der Waals surface area contributed by atoms with Gasteiger partial charge >= 0.3 is 0 Å². The third-order valence-electron chi connectivity index (χ3n) is 3.98. The van der Waals surface area contributed by atoms with Crippen molar-refractivity contribution in [2.24, 2.45) is 0 Å². The summed E-state index contributed by atoms with van der Waals surface area (Å²) in [6.45, 7) is 0. The van der Waals surface area contributed by atoms with Gasteiger partial charge in [0.1, 0.15) is 0 Å². The molecule has 0 amide bonds. The van der Waals surface area contributed by atoms with Gasteiger partial charge in [0.15, 0.2) is 0 Å². The Morgan fingerprint density at radius 1 is 0.600 bits per heavy atom. The molecule has 0 unspecified atom stereocenters. The Labute approximate surface area is 154 Å². The number of H-pyrrole nitrogens is 1. The molecule has 124 valence electrons. The predicted octanol–water partition coefficient (Wildman–Crippen LogP) is 4.28. The fraction of sp³-hybridized carbons (Fsp3) is 0. The van der Waals surface area contributed by atoms with Gasteiger partial charge in [0.2, 0.25) is 0 Å². The summed E-state index contributed by atoms with van der Waals surface area (Å²) in [5.41, 5.74) is 7.50. The van der Waals surface area contributed by atoms with E-state index in [2.05, 4.69) is 19.9 Å². The third kappa shape index (κ3) is 3.19. The van der Waals surface area contributed by atoms with Crippen molar-refractivity contribution in [2.45, 2.75) is 0 Å². The van der Waals surface area contributed by atoms with Gasteiger partial charge in [0, 0.05) is 27.5 Å². The molecule has 2 aliphatic heterocycles. The Hall–Kier alpha value is -2.91. The molecule has 2 aliphatic rings. The molecule has 8 bridgehead atoms. The maximum atomic E-state index is 4.61. The van der Waals surface area contributed by atoms with E-state index in [1.165, 1.54) is 0 Å². The molecule has 5 heteroatoms. The Balaban J connectivity index is 0.00000157. The van der Waals surface area contributed by atoms with Gasteiger partial charge in [-0.2, -0.15) is 0 Å². The Morgan fingerprint density at radius 2 is 1.12 bits per heavy atom. The van der Waals surface area contributed by atoms with Gasteiger partial charge in [0.05, 0.1) is 22.8 Å². The van der Waals surface area contributed by atoms with Gasteiger partial charge in [0.25, 0.3) is 0 Å². The van der Waals surface area contributed by atoms with Crippen LogP contribution in [-0.4, -0.2) is 15.0 Å². The molecule has 0 spiro atoms. The molecule has 0 atom stereocenters. The van der Waals surface area contributed by atoms with E-state index in [4.69, 9.17) is 0 Å². The summed E-state index contributed by atoms with van der Waals surface area (Å²) < 4.78 is 0. The molecule has 1 N–H and O–H groups in total. The van der Waals surface area contributed by atoms with Gasteiger partial charge < -0.3 is 9.97 Å². The molecule has 0 radical (unpaired) electrons. The number of fused-ring (bicyclic) bond motifs is 8. The SMILES string of the molecule is C1=Cc2cc3ccc(cc4ccc(cc5nc(cc1n2)C=C5)[nH]4)[n-]3.[Ni]. The zero-order valence-corrected chi connectivity index (χ0v) is 14.1. The van der Waals surface area contributed by atoms with Crippen LogP contribution in [0.1, 0.15) is 22.8 Å². The third-order valence-corrected chi connectivity index (χ3v) is 3.98. The van der Waals surface area contributed by atoms with Crippen molar-refractivity contribution in [1.29, 1.82) is 0 Å². The maximum Gasteiger partial charge on any atom is 0.0659 e. The molecule has 3 aromatic rings. The van der Waals surface area contributed by atoms with Crippen molar-refractivity contribution in [2.75, 3.05) is 0 Å². The van der Waals surface area contributed by atoms with Gasteiger partial charge in [-0.15, -0.1) is 11.0 Å². The van der Waals surface area contributed by atoms with Crippen LogP contribution in [0.2, 0.25) is 0 Å². The van der Waals surface area contributed by atoms with Crippen molar-refractivity contribution in [1.82, 2.24) is 19.9 Å². The summed E-state index contributed by atoms with van der Waals surface area (Å²) in [6, 6.07) is 16.1. The molecule has 0 saturated carbocycles. The van der Waals surface area contributed by atoms with Crippen LogP contribution in [0, 0.1) is 0 Å². The second kappa shape index (κ2) is 6.19. The first kappa shape index (κ1) is 15.6. The van der Waals surface area contributed by atoms with Gasteiger partial charge in [-0.25, -0.2) is 9.97 Å². The second-order valence-electron chi connectivity index (χ2n) is 5.83. The molecule has 0 fully saturated rings. The summed E-state index contributed by atoms with van der Waals surface area (Å²) in [4.78, 5) is 17.2. The fourth-order valence-corrected chi connectivity index (χ4v) is 2.89. The van der Waals surface area contributed by atoms with Crippen LogP contribution in [0.3, 0.4) is 0 Å². The standard InChI is InChI=1S/C20H13N4.Ni/c1-2-14-10-16-5-6-18(23-16)12-20-8-7-19(24-20)11-17-4-3-15(22-17)9-13(1)21-14;/h1-12,21H;/q-1;. The maximum absolute atomic E-state index is 4.61. The average molecular weight is 368 g/mol. The summed E-state index contributed by atoms with van der Waals surface area (Å²) in [7, 11) is 0. The number of aromatic amines is 1. The van der Waals surface area contributed by atoms with E-state index in [0.29, 0.717) is 0 Å². The van der Waals surface area contributed by atoms with Crippen LogP contribution in [0.25, 0.3) is 46.4 Å². The first-order valence-corrected chi connectivity index (χ1v) is 7.79. The van der Waals surface area contributed by atoms with Gasteiger partial charge in [-0.05, 0) is 48.6 Å². The zero-order valence-electron chi connectivity index (χ0n) is 13.1. The van der Waals surface area contributed by atoms with Crippen molar-refractivity contribution < 1.29 is 16.5 Å². The van der Waals surface area contributed by atoms with Crippen molar-refractivity contribution >= 4 is 46.4 Å². The number of rotatable bonds is 0.